The fourth-order valence-electron chi connectivity index (χ4n) is 3.93. The van der Waals surface area contributed by atoms with Crippen LogP contribution in [-0.2, 0) is 11.3 Å². The van der Waals surface area contributed by atoms with Crippen molar-refractivity contribution in [3.8, 4) is 0 Å². The molecular weight excluding hydrogens is 465 g/mol. The van der Waals surface area contributed by atoms with E-state index in [9.17, 15) is 18.0 Å². The first-order valence-electron chi connectivity index (χ1n) is 11.0. The van der Waals surface area contributed by atoms with Gasteiger partial charge in [-0.1, -0.05) is 29.8 Å². The Balaban J connectivity index is 1.41. The molecule has 1 saturated heterocycles. The van der Waals surface area contributed by atoms with Crippen LogP contribution in [0.5, 0.6) is 0 Å². The molecule has 178 valence electrons. The molecule has 4 rings (SSSR count). The van der Waals surface area contributed by atoms with Gasteiger partial charge in [-0.15, -0.1) is 0 Å². The molecule has 0 aromatic heterocycles. The summed E-state index contributed by atoms with van der Waals surface area (Å²) in [5.41, 5.74) is 1.17. The van der Waals surface area contributed by atoms with Crippen LogP contribution in [0.2, 0.25) is 5.02 Å². The van der Waals surface area contributed by atoms with E-state index in [-0.39, 0.29) is 23.9 Å². The number of amides is 1. The van der Waals surface area contributed by atoms with Gasteiger partial charge in [0.05, 0.1) is 12.7 Å². The third-order valence-corrected chi connectivity index (χ3v) is 6.16. The van der Waals surface area contributed by atoms with Gasteiger partial charge in [0, 0.05) is 48.9 Å². The van der Waals surface area contributed by atoms with Crippen molar-refractivity contribution in [3.63, 3.8) is 0 Å². The van der Waals surface area contributed by atoms with E-state index in [4.69, 9.17) is 16.3 Å². The highest BCUT2D eigenvalue weighted by molar-refractivity contribution is 6.30. The molecule has 4 nitrogen and oxygen atoms in total. The molecule has 1 amide bonds. The lowest BCUT2D eigenvalue weighted by atomic mass is 10.1. The molecule has 1 aliphatic rings. The van der Waals surface area contributed by atoms with E-state index in [1.165, 1.54) is 42.5 Å². The average molecular weight is 489 g/mol. The third-order valence-electron chi connectivity index (χ3n) is 5.91. The zero-order valence-electron chi connectivity index (χ0n) is 18.4. The quantitative estimate of drug-likeness (QED) is 0.442. The van der Waals surface area contributed by atoms with Crippen molar-refractivity contribution in [2.24, 2.45) is 0 Å². The average Bonchev–Trinajstić information content (AvgIpc) is 2.84. The molecule has 1 unspecified atom stereocenters. The Morgan fingerprint density at radius 1 is 0.882 bits per heavy atom. The smallest absolute Gasteiger partial charge is 0.253 e. The maximum Gasteiger partial charge on any atom is 0.253 e. The van der Waals surface area contributed by atoms with Crippen molar-refractivity contribution in [1.82, 2.24) is 9.80 Å². The minimum atomic E-state index is -0.650. The summed E-state index contributed by atoms with van der Waals surface area (Å²) in [5.74, 6) is -1.82. The van der Waals surface area contributed by atoms with Gasteiger partial charge in [-0.25, -0.2) is 13.2 Å². The summed E-state index contributed by atoms with van der Waals surface area (Å²) >= 11 is 6.02. The molecule has 0 radical (unpaired) electrons. The Hall–Kier alpha value is -2.87. The predicted octanol–water partition coefficient (Wildman–Crippen LogP) is 5.47. The number of benzene rings is 3. The maximum atomic E-state index is 14.1. The first kappa shape index (κ1) is 24.3. The van der Waals surface area contributed by atoms with Gasteiger partial charge in [0.15, 0.2) is 0 Å². The third kappa shape index (κ3) is 5.97. The van der Waals surface area contributed by atoms with Crippen LogP contribution in [-0.4, -0.2) is 48.4 Å². The van der Waals surface area contributed by atoms with E-state index in [2.05, 4.69) is 4.90 Å². The van der Waals surface area contributed by atoms with Crippen LogP contribution < -0.4 is 0 Å². The molecule has 3 aromatic carbocycles. The van der Waals surface area contributed by atoms with Gasteiger partial charge >= 0.3 is 0 Å². The number of rotatable bonds is 7. The van der Waals surface area contributed by atoms with Gasteiger partial charge in [-0.2, -0.15) is 0 Å². The number of halogens is 4. The van der Waals surface area contributed by atoms with Crippen LogP contribution in [0.1, 0.15) is 27.6 Å². The summed E-state index contributed by atoms with van der Waals surface area (Å²) in [6.45, 7) is 2.49. The Morgan fingerprint density at radius 2 is 1.50 bits per heavy atom. The number of hydrogen-bond acceptors (Lipinski definition) is 3. The Kier molecular flexibility index (Phi) is 7.88. The first-order valence-corrected chi connectivity index (χ1v) is 11.4. The standard InChI is InChI=1S/C26H24ClF3N2O2/c27-20-8-4-18(5-9-20)25(34-17-22-23(29)2-1-3-24(22)30)16-31-12-14-32(15-13-31)26(33)19-6-10-21(28)11-7-19/h1-11,25H,12-17H2. The Morgan fingerprint density at radius 3 is 2.12 bits per heavy atom. The van der Waals surface area contributed by atoms with E-state index >= 15 is 0 Å². The van der Waals surface area contributed by atoms with Gasteiger partial charge in [-0.3, -0.25) is 9.69 Å². The number of carbonyl (C=O) groups excluding carboxylic acids is 1. The largest absolute Gasteiger partial charge is 0.367 e. The van der Waals surface area contributed by atoms with Crippen LogP contribution in [0.4, 0.5) is 13.2 Å². The molecule has 1 aliphatic heterocycles. The minimum Gasteiger partial charge on any atom is -0.367 e. The SMILES string of the molecule is O=C(c1ccc(F)cc1)N1CCN(CC(OCc2c(F)cccc2F)c2ccc(Cl)cc2)CC1. The molecule has 3 aromatic rings. The Bertz CT molecular complexity index is 1100. The molecule has 0 spiro atoms. The molecule has 1 atom stereocenters. The summed E-state index contributed by atoms with van der Waals surface area (Å²) in [6.07, 6.45) is -0.448. The van der Waals surface area contributed by atoms with Crippen LogP contribution in [0, 0.1) is 17.5 Å². The maximum absolute atomic E-state index is 14.1. The highest BCUT2D eigenvalue weighted by atomic mass is 35.5. The van der Waals surface area contributed by atoms with Gasteiger partial charge in [-0.05, 0) is 54.1 Å². The lowest BCUT2D eigenvalue weighted by Crippen LogP contribution is -2.49. The Labute approximate surface area is 201 Å². The van der Waals surface area contributed by atoms with Crippen molar-refractivity contribution in [2.45, 2.75) is 12.7 Å². The fraction of sp³-hybridized carbons (Fsp3) is 0.269. The predicted molar refractivity (Wildman–Crippen MR) is 124 cm³/mol. The minimum absolute atomic E-state index is 0.115. The van der Waals surface area contributed by atoms with E-state index in [0.29, 0.717) is 43.3 Å². The van der Waals surface area contributed by atoms with Crippen molar-refractivity contribution in [2.75, 3.05) is 32.7 Å². The second-order valence-corrected chi connectivity index (χ2v) is 8.59. The molecule has 8 heteroatoms. The summed E-state index contributed by atoms with van der Waals surface area (Å²) in [7, 11) is 0. The molecule has 0 N–H and O–H groups in total. The van der Waals surface area contributed by atoms with Crippen molar-refractivity contribution in [3.05, 3.63) is 106 Å². The second kappa shape index (κ2) is 11.0. The highest BCUT2D eigenvalue weighted by Crippen LogP contribution is 2.25. The van der Waals surface area contributed by atoms with Crippen molar-refractivity contribution in [1.29, 1.82) is 0 Å². The zero-order chi connectivity index (χ0) is 24.1. The number of carbonyl (C=O) groups is 1. The fourth-order valence-corrected chi connectivity index (χ4v) is 4.05. The summed E-state index contributed by atoms with van der Waals surface area (Å²) in [6, 6.07) is 16.4. The number of nitrogens with zero attached hydrogens (tertiary/aromatic N) is 2. The first-order chi connectivity index (χ1) is 16.4. The molecular formula is C26H24ClF3N2O2. The molecule has 0 saturated carbocycles. The van der Waals surface area contributed by atoms with Gasteiger partial charge in [0.2, 0.25) is 0 Å². The lowest BCUT2D eigenvalue weighted by Gasteiger charge is -2.36. The van der Waals surface area contributed by atoms with Crippen LogP contribution >= 0.6 is 11.6 Å². The molecule has 0 bridgehead atoms. The normalized spacial score (nSPS) is 15.4. The van der Waals surface area contributed by atoms with Crippen LogP contribution in [0.15, 0.2) is 66.7 Å². The number of hydrogen-bond donors (Lipinski definition) is 0. The van der Waals surface area contributed by atoms with E-state index in [1.807, 2.05) is 12.1 Å². The lowest BCUT2D eigenvalue weighted by molar-refractivity contribution is 0.00145. The monoisotopic (exact) mass is 488 g/mol. The van der Waals surface area contributed by atoms with Gasteiger partial charge in [0.25, 0.3) is 5.91 Å². The summed E-state index contributed by atoms with van der Waals surface area (Å²) in [4.78, 5) is 16.6. The van der Waals surface area contributed by atoms with Crippen LogP contribution in [0.3, 0.4) is 0 Å². The van der Waals surface area contributed by atoms with Gasteiger partial charge < -0.3 is 9.64 Å². The van der Waals surface area contributed by atoms with Crippen molar-refractivity contribution < 1.29 is 22.7 Å². The van der Waals surface area contributed by atoms with Crippen molar-refractivity contribution >= 4 is 17.5 Å². The zero-order valence-corrected chi connectivity index (χ0v) is 19.1. The molecule has 1 fully saturated rings. The van der Waals surface area contributed by atoms with Gasteiger partial charge in [0.1, 0.15) is 17.5 Å². The number of ether oxygens (including phenoxy) is 1. The second-order valence-electron chi connectivity index (χ2n) is 8.15. The highest BCUT2D eigenvalue weighted by Gasteiger charge is 2.25. The molecule has 34 heavy (non-hydrogen) atoms. The molecule has 0 aliphatic carbocycles. The number of piperazine rings is 1. The van der Waals surface area contributed by atoms with E-state index in [1.54, 1.807) is 17.0 Å². The topological polar surface area (TPSA) is 32.8 Å². The van der Waals surface area contributed by atoms with E-state index in [0.717, 1.165) is 5.56 Å². The summed E-state index contributed by atoms with van der Waals surface area (Å²) < 4.78 is 47.3. The van der Waals surface area contributed by atoms with Crippen LogP contribution in [0.25, 0.3) is 0 Å². The summed E-state index contributed by atoms with van der Waals surface area (Å²) in [5, 5.41) is 0.579. The molecule has 1 heterocycles. The van der Waals surface area contributed by atoms with E-state index < -0.39 is 17.7 Å².